The molecule has 0 aromatic carbocycles. The van der Waals surface area contributed by atoms with E-state index in [1.165, 1.54) is 24.3 Å². The summed E-state index contributed by atoms with van der Waals surface area (Å²) >= 11 is 2.01. The largest absolute Gasteiger partial charge is 0.349 e. The van der Waals surface area contributed by atoms with Crippen molar-refractivity contribution >= 4 is 17.7 Å². The highest BCUT2D eigenvalue weighted by Crippen LogP contribution is 2.16. The summed E-state index contributed by atoms with van der Waals surface area (Å²) in [5.74, 6) is 2.71. The van der Waals surface area contributed by atoms with Gasteiger partial charge in [0.25, 0.3) is 0 Å². The number of carbonyl (C=O) groups is 1. The van der Waals surface area contributed by atoms with Crippen molar-refractivity contribution < 1.29 is 4.79 Å². The molecule has 1 amide bonds. The molecule has 0 bridgehead atoms. The molecule has 82 valence electrons. The Balaban J connectivity index is 2.05. The lowest BCUT2D eigenvalue weighted by molar-refractivity contribution is -0.128. The second kappa shape index (κ2) is 6.30. The van der Waals surface area contributed by atoms with Crippen LogP contribution in [-0.2, 0) is 4.79 Å². The van der Waals surface area contributed by atoms with Crippen LogP contribution in [0.25, 0.3) is 0 Å². The Labute approximate surface area is 90.6 Å². The first kappa shape index (κ1) is 11.9. The third-order valence-corrected chi connectivity index (χ3v) is 3.65. The van der Waals surface area contributed by atoms with Gasteiger partial charge in [-0.25, -0.2) is 0 Å². The smallest absolute Gasteiger partial charge is 0.223 e. The maximum absolute atomic E-state index is 11.3. The molecule has 1 fully saturated rings. The maximum Gasteiger partial charge on any atom is 0.223 e. The van der Waals surface area contributed by atoms with Crippen LogP contribution in [-0.4, -0.2) is 49.0 Å². The Hall–Kier alpha value is -0.220. The SMILES string of the molecule is CN(C)C(=O)CCNC1CCCSC1. The standard InChI is InChI=1S/C10H20N2OS/c1-12(2)10(13)5-6-11-9-4-3-7-14-8-9/h9,11H,3-8H2,1-2H3. The highest BCUT2D eigenvalue weighted by atomic mass is 32.2. The number of rotatable bonds is 4. The summed E-state index contributed by atoms with van der Waals surface area (Å²) in [6.07, 6.45) is 3.20. The van der Waals surface area contributed by atoms with Crippen LogP contribution in [0.5, 0.6) is 0 Å². The summed E-state index contributed by atoms with van der Waals surface area (Å²) in [6.45, 7) is 0.822. The van der Waals surface area contributed by atoms with E-state index in [-0.39, 0.29) is 5.91 Å². The predicted octanol–water partition coefficient (Wildman–Crippen LogP) is 0.950. The fourth-order valence-corrected chi connectivity index (χ4v) is 2.62. The molecule has 1 aliphatic rings. The van der Waals surface area contributed by atoms with Gasteiger partial charge in [0, 0.05) is 38.9 Å². The first-order valence-electron chi connectivity index (χ1n) is 5.21. The lowest BCUT2D eigenvalue weighted by atomic mass is 10.2. The monoisotopic (exact) mass is 216 g/mol. The maximum atomic E-state index is 11.3. The average molecular weight is 216 g/mol. The zero-order valence-electron chi connectivity index (χ0n) is 9.08. The van der Waals surface area contributed by atoms with E-state index in [9.17, 15) is 4.79 Å². The van der Waals surface area contributed by atoms with Gasteiger partial charge in [0.2, 0.25) is 5.91 Å². The summed E-state index contributed by atoms with van der Waals surface area (Å²) in [5.41, 5.74) is 0. The molecule has 0 saturated carbocycles. The van der Waals surface area contributed by atoms with Gasteiger partial charge in [-0.1, -0.05) is 0 Å². The van der Waals surface area contributed by atoms with E-state index in [0.717, 1.165) is 6.54 Å². The summed E-state index contributed by atoms with van der Waals surface area (Å²) in [4.78, 5) is 12.9. The lowest BCUT2D eigenvalue weighted by Crippen LogP contribution is -2.36. The molecule has 4 heteroatoms. The summed E-state index contributed by atoms with van der Waals surface area (Å²) in [5, 5.41) is 3.44. The van der Waals surface area contributed by atoms with Crippen LogP contribution in [0.15, 0.2) is 0 Å². The molecule has 14 heavy (non-hydrogen) atoms. The highest BCUT2D eigenvalue weighted by molar-refractivity contribution is 7.99. The Morgan fingerprint density at radius 2 is 2.36 bits per heavy atom. The number of hydrogen-bond acceptors (Lipinski definition) is 3. The molecule has 1 heterocycles. The van der Waals surface area contributed by atoms with E-state index in [4.69, 9.17) is 0 Å². The average Bonchev–Trinajstić information content (AvgIpc) is 2.19. The van der Waals surface area contributed by atoms with Crippen molar-refractivity contribution in [2.45, 2.75) is 25.3 Å². The topological polar surface area (TPSA) is 32.3 Å². The van der Waals surface area contributed by atoms with Crippen LogP contribution < -0.4 is 5.32 Å². The Morgan fingerprint density at radius 1 is 1.57 bits per heavy atom. The Morgan fingerprint density at radius 3 is 2.93 bits per heavy atom. The van der Waals surface area contributed by atoms with Gasteiger partial charge in [0.15, 0.2) is 0 Å². The number of nitrogens with one attached hydrogen (secondary N) is 1. The molecule has 0 aromatic heterocycles. The molecule has 1 N–H and O–H groups in total. The van der Waals surface area contributed by atoms with Crippen LogP contribution >= 0.6 is 11.8 Å². The van der Waals surface area contributed by atoms with Crippen LogP contribution in [0.2, 0.25) is 0 Å². The van der Waals surface area contributed by atoms with E-state index < -0.39 is 0 Å². The fraction of sp³-hybridized carbons (Fsp3) is 0.900. The van der Waals surface area contributed by atoms with E-state index in [1.807, 2.05) is 11.8 Å². The highest BCUT2D eigenvalue weighted by Gasteiger charge is 2.13. The van der Waals surface area contributed by atoms with Crippen LogP contribution in [0.4, 0.5) is 0 Å². The number of hydrogen-bond donors (Lipinski definition) is 1. The van der Waals surface area contributed by atoms with Gasteiger partial charge in [-0.15, -0.1) is 0 Å². The third kappa shape index (κ3) is 4.33. The predicted molar refractivity (Wildman–Crippen MR) is 61.7 cm³/mol. The molecule has 0 aromatic rings. The van der Waals surface area contributed by atoms with Gasteiger partial charge in [-0.2, -0.15) is 11.8 Å². The Bertz CT molecular complexity index is 179. The molecule has 1 aliphatic heterocycles. The van der Waals surface area contributed by atoms with Gasteiger partial charge in [-0.05, 0) is 18.6 Å². The minimum atomic E-state index is 0.209. The van der Waals surface area contributed by atoms with E-state index in [1.54, 1.807) is 19.0 Å². The van der Waals surface area contributed by atoms with Crippen molar-refractivity contribution in [3.8, 4) is 0 Å². The molecule has 1 atom stereocenters. The molecule has 1 saturated heterocycles. The Kier molecular flexibility index (Phi) is 5.33. The second-order valence-corrected chi connectivity index (χ2v) is 5.06. The molecular weight excluding hydrogens is 196 g/mol. The second-order valence-electron chi connectivity index (χ2n) is 3.91. The zero-order valence-corrected chi connectivity index (χ0v) is 9.90. The molecule has 0 aliphatic carbocycles. The number of amides is 1. The summed E-state index contributed by atoms with van der Waals surface area (Å²) < 4.78 is 0. The first-order chi connectivity index (χ1) is 6.70. The van der Waals surface area contributed by atoms with Crippen LogP contribution in [0.3, 0.4) is 0 Å². The molecule has 1 rings (SSSR count). The van der Waals surface area contributed by atoms with Crippen molar-refractivity contribution in [2.24, 2.45) is 0 Å². The first-order valence-corrected chi connectivity index (χ1v) is 6.37. The minimum Gasteiger partial charge on any atom is -0.349 e. The van der Waals surface area contributed by atoms with Crippen LogP contribution in [0.1, 0.15) is 19.3 Å². The van der Waals surface area contributed by atoms with Crippen molar-refractivity contribution in [2.75, 3.05) is 32.1 Å². The van der Waals surface area contributed by atoms with Gasteiger partial charge >= 0.3 is 0 Å². The quantitative estimate of drug-likeness (QED) is 0.759. The van der Waals surface area contributed by atoms with Crippen molar-refractivity contribution in [3.05, 3.63) is 0 Å². The van der Waals surface area contributed by atoms with Gasteiger partial charge in [-0.3, -0.25) is 4.79 Å². The molecular formula is C10H20N2OS. The molecule has 0 spiro atoms. The zero-order chi connectivity index (χ0) is 10.4. The lowest BCUT2D eigenvalue weighted by Gasteiger charge is -2.22. The van der Waals surface area contributed by atoms with Crippen molar-refractivity contribution in [1.29, 1.82) is 0 Å². The summed E-state index contributed by atoms with van der Waals surface area (Å²) in [6, 6.07) is 0.628. The van der Waals surface area contributed by atoms with Gasteiger partial charge in [0.05, 0.1) is 0 Å². The minimum absolute atomic E-state index is 0.209. The van der Waals surface area contributed by atoms with Crippen LogP contribution in [0, 0.1) is 0 Å². The van der Waals surface area contributed by atoms with Gasteiger partial charge in [0.1, 0.15) is 0 Å². The fourth-order valence-electron chi connectivity index (χ4n) is 1.51. The number of thioether (sulfide) groups is 1. The van der Waals surface area contributed by atoms with E-state index in [0.29, 0.717) is 12.5 Å². The summed E-state index contributed by atoms with van der Waals surface area (Å²) in [7, 11) is 3.61. The number of carbonyl (C=O) groups excluding carboxylic acids is 1. The molecule has 0 radical (unpaired) electrons. The molecule has 3 nitrogen and oxygen atoms in total. The van der Waals surface area contributed by atoms with Crippen molar-refractivity contribution in [3.63, 3.8) is 0 Å². The van der Waals surface area contributed by atoms with E-state index >= 15 is 0 Å². The third-order valence-electron chi connectivity index (χ3n) is 2.43. The molecule has 1 unspecified atom stereocenters. The van der Waals surface area contributed by atoms with Gasteiger partial charge < -0.3 is 10.2 Å². The van der Waals surface area contributed by atoms with E-state index in [2.05, 4.69) is 5.32 Å². The normalized spacial score (nSPS) is 22.0. The number of nitrogens with zero attached hydrogens (tertiary/aromatic N) is 1. The van der Waals surface area contributed by atoms with Crippen molar-refractivity contribution in [1.82, 2.24) is 10.2 Å².